The lowest BCUT2D eigenvalue weighted by Crippen LogP contribution is -2.46. The number of aryl methyl sites for hydroxylation is 1. The monoisotopic (exact) mass is 511 g/mol. The van der Waals surface area contributed by atoms with Crippen molar-refractivity contribution < 1.29 is 4.74 Å². The van der Waals surface area contributed by atoms with Crippen LogP contribution in [0.3, 0.4) is 0 Å². The van der Waals surface area contributed by atoms with Gasteiger partial charge in [0.15, 0.2) is 23.3 Å². The van der Waals surface area contributed by atoms with Gasteiger partial charge in [-0.05, 0) is 48.9 Å². The second-order valence-corrected chi connectivity index (χ2v) is 9.35. The topological polar surface area (TPSA) is 79.9 Å². The van der Waals surface area contributed by atoms with Crippen molar-refractivity contribution in [2.45, 2.75) is 13.0 Å². The van der Waals surface area contributed by atoms with E-state index >= 15 is 0 Å². The molecule has 0 spiro atoms. The molecule has 39 heavy (non-hydrogen) atoms. The van der Waals surface area contributed by atoms with Gasteiger partial charge >= 0.3 is 0 Å². The number of ether oxygens (including phenoxy) is 1. The standard InChI is InChI=1S/C31H25N7O/c1-20-27-28(21-11-4-3-5-12-21)37-25-16-7-6-15-24(25)34-29(33-22-13-10-14-23(19-22)39-2)31(37)35-30(27)38(36-20)26-17-8-9-18-32-26/h3-19,28H,1-2H3,(H,33,34)/t28-/m1/s1. The molecule has 0 radical (unpaired) electrons. The first kappa shape index (κ1) is 22.9. The largest absolute Gasteiger partial charge is 0.497 e. The smallest absolute Gasteiger partial charge is 0.179 e. The van der Waals surface area contributed by atoms with E-state index < -0.39 is 0 Å². The fraction of sp³-hybridized carbons (Fsp3) is 0.0968. The van der Waals surface area contributed by atoms with E-state index in [4.69, 9.17) is 19.8 Å². The number of methoxy groups -OCH3 is 1. The number of para-hydroxylation sites is 2. The second kappa shape index (κ2) is 9.25. The summed E-state index contributed by atoms with van der Waals surface area (Å²) in [5.74, 6) is 3.55. The summed E-state index contributed by atoms with van der Waals surface area (Å²) in [4.78, 5) is 17.1. The van der Waals surface area contributed by atoms with Gasteiger partial charge < -0.3 is 15.0 Å². The molecule has 8 heteroatoms. The van der Waals surface area contributed by atoms with Crippen LogP contribution < -0.4 is 15.0 Å². The molecule has 0 amide bonds. The van der Waals surface area contributed by atoms with E-state index in [1.54, 1.807) is 13.3 Å². The second-order valence-electron chi connectivity index (χ2n) is 9.35. The van der Waals surface area contributed by atoms with Gasteiger partial charge in [0.2, 0.25) is 0 Å². The zero-order valence-electron chi connectivity index (χ0n) is 21.5. The molecule has 1 atom stereocenters. The predicted octanol–water partition coefficient (Wildman–Crippen LogP) is 6.38. The first-order valence-electron chi connectivity index (χ1n) is 12.7. The average Bonchev–Trinajstić information content (AvgIpc) is 3.33. The van der Waals surface area contributed by atoms with Gasteiger partial charge in [-0.2, -0.15) is 9.78 Å². The molecule has 1 N–H and O–H groups in total. The number of anilines is 2. The van der Waals surface area contributed by atoms with Crippen molar-refractivity contribution >= 4 is 34.6 Å². The quantitative estimate of drug-likeness (QED) is 0.303. The van der Waals surface area contributed by atoms with Crippen LogP contribution in [0, 0.1) is 6.92 Å². The fourth-order valence-corrected chi connectivity index (χ4v) is 5.22. The van der Waals surface area contributed by atoms with Gasteiger partial charge in [-0.1, -0.05) is 54.6 Å². The van der Waals surface area contributed by atoms with Crippen molar-refractivity contribution in [3.8, 4) is 11.6 Å². The van der Waals surface area contributed by atoms with Crippen LogP contribution in [0.15, 0.2) is 113 Å². The Morgan fingerprint density at radius 2 is 1.67 bits per heavy atom. The Hall–Kier alpha value is -5.24. The SMILES string of the molecule is COc1cccc(NC2=Nc3ccccc3N3C2=Nc2c(c(C)nn2-c2ccccn2)[C@H]3c2ccccc2)c1. The van der Waals surface area contributed by atoms with Crippen LogP contribution in [-0.4, -0.2) is 33.5 Å². The van der Waals surface area contributed by atoms with E-state index in [1.165, 1.54) is 0 Å². The maximum atomic E-state index is 5.46. The molecule has 3 aromatic carbocycles. The van der Waals surface area contributed by atoms with E-state index in [0.29, 0.717) is 17.5 Å². The molecule has 4 heterocycles. The number of aliphatic imine (C=N–C) groups is 2. The number of nitrogens with zero attached hydrogens (tertiary/aromatic N) is 6. The van der Waals surface area contributed by atoms with Gasteiger partial charge in [-0.3, -0.25) is 0 Å². The molecule has 0 unspecified atom stereocenters. The van der Waals surface area contributed by atoms with Crippen LogP contribution in [0.4, 0.5) is 22.9 Å². The molecular weight excluding hydrogens is 486 g/mol. The van der Waals surface area contributed by atoms with Crippen molar-refractivity contribution in [1.29, 1.82) is 0 Å². The number of hydrogen-bond donors (Lipinski definition) is 1. The van der Waals surface area contributed by atoms with Crippen LogP contribution in [0.1, 0.15) is 22.9 Å². The molecule has 0 saturated heterocycles. The Kier molecular flexibility index (Phi) is 5.44. The molecule has 0 aliphatic carbocycles. The number of aromatic nitrogens is 3. The van der Waals surface area contributed by atoms with Gasteiger partial charge in [0.1, 0.15) is 5.75 Å². The summed E-state index contributed by atoms with van der Waals surface area (Å²) in [6.45, 7) is 2.04. The first-order valence-corrected chi connectivity index (χ1v) is 12.7. The van der Waals surface area contributed by atoms with Gasteiger partial charge in [0, 0.05) is 23.5 Å². The Bertz CT molecular complexity index is 1740. The highest BCUT2D eigenvalue weighted by Crippen LogP contribution is 2.48. The fourth-order valence-electron chi connectivity index (χ4n) is 5.22. The molecule has 190 valence electrons. The van der Waals surface area contributed by atoms with Gasteiger partial charge in [-0.15, -0.1) is 0 Å². The Balaban J connectivity index is 1.48. The van der Waals surface area contributed by atoms with Gasteiger partial charge in [0.25, 0.3) is 0 Å². The zero-order valence-corrected chi connectivity index (χ0v) is 21.5. The van der Waals surface area contributed by atoms with Crippen LogP contribution in [0.25, 0.3) is 5.82 Å². The third-order valence-corrected chi connectivity index (χ3v) is 6.95. The van der Waals surface area contributed by atoms with E-state index in [1.807, 2.05) is 78.3 Å². The molecule has 0 bridgehead atoms. The summed E-state index contributed by atoms with van der Waals surface area (Å²) in [5, 5.41) is 8.44. The lowest BCUT2D eigenvalue weighted by Gasteiger charge is -2.40. The molecule has 7 rings (SSSR count). The number of hydrogen-bond acceptors (Lipinski definition) is 7. The number of nitrogens with one attached hydrogen (secondary N) is 1. The van der Waals surface area contributed by atoms with Crippen molar-refractivity contribution in [2.75, 3.05) is 17.3 Å². The Morgan fingerprint density at radius 1 is 0.846 bits per heavy atom. The molecule has 5 aromatic rings. The third kappa shape index (κ3) is 3.85. The summed E-state index contributed by atoms with van der Waals surface area (Å²) in [6.07, 6.45) is 1.77. The minimum Gasteiger partial charge on any atom is -0.497 e. The van der Waals surface area contributed by atoms with Crippen LogP contribution in [0.5, 0.6) is 5.75 Å². The predicted molar refractivity (Wildman–Crippen MR) is 154 cm³/mol. The minimum atomic E-state index is -0.176. The van der Waals surface area contributed by atoms with Crippen LogP contribution in [0.2, 0.25) is 0 Å². The van der Waals surface area contributed by atoms with Crippen molar-refractivity contribution in [3.63, 3.8) is 0 Å². The number of pyridine rings is 1. The summed E-state index contributed by atoms with van der Waals surface area (Å²) in [7, 11) is 1.66. The first-order chi connectivity index (χ1) is 19.2. The lowest BCUT2D eigenvalue weighted by atomic mass is 9.93. The number of amidine groups is 2. The Morgan fingerprint density at radius 3 is 2.49 bits per heavy atom. The summed E-state index contributed by atoms with van der Waals surface area (Å²) < 4.78 is 7.28. The van der Waals surface area contributed by atoms with Crippen molar-refractivity contribution in [3.05, 3.63) is 120 Å². The number of benzene rings is 3. The van der Waals surface area contributed by atoms with Crippen LogP contribution in [-0.2, 0) is 0 Å². The zero-order chi connectivity index (χ0) is 26.3. The summed E-state index contributed by atoms with van der Waals surface area (Å²) in [6, 6.07) is 32.0. The van der Waals surface area contributed by atoms with Crippen molar-refractivity contribution in [2.24, 2.45) is 9.98 Å². The van der Waals surface area contributed by atoms with Gasteiger partial charge in [-0.25, -0.2) is 15.0 Å². The molecular formula is C31H25N7O. The maximum absolute atomic E-state index is 5.46. The number of fused-ring (bicyclic) bond motifs is 4. The molecule has 2 aromatic heterocycles. The lowest BCUT2D eigenvalue weighted by molar-refractivity contribution is 0.415. The van der Waals surface area contributed by atoms with Gasteiger partial charge in [0.05, 0.1) is 30.2 Å². The highest BCUT2D eigenvalue weighted by Gasteiger charge is 2.41. The van der Waals surface area contributed by atoms with E-state index in [-0.39, 0.29) is 6.04 Å². The molecule has 0 saturated carbocycles. The highest BCUT2D eigenvalue weighted by atomic mass is 16.5. The normalized spacial score (nSPS) is 15.4. The number of rotatable bonds is 4. The molecule has 0 fully saturated rings. The third-order valence-electron chi connectivity index (χ3n) is 6.95. The summed E-state index contributed by atoms with van der Waals surface area (Å²) >= 11 is 0. The molecule has 2 aliphatic heterocycles. The van der Waals surface area contributed by atoms with Crippen LogP contribution >= 0.6 is 0 Å². The maximum Gasteiger partial charge on any atom is 0.179 e. The minimum absolute atomic E-state index is 0.176. The summed E-state index contributed by atoms with van der Waals surface area (Å²) in [5.41, 5.74) is 5.76. The van der Waals surface area contributed by atoms with E-state index in [0.717, 1.165) is 45.5 Å². The highest BCUT2D eigenvalue weighted by molar-refractivity contribution is 6.51. The molecule has 8 nitrogen and oxygen atoms in total. The van der Waals surface area contributed by atoms with E-state index in [2.05, 4.69) is 45.5 Å². The van der Waals surface area contributed by atoms with Crippen molar-refractivity contribution in [1.82, 2.24) is 14.8 Å². The van der Waals surface area contributed by atoms with E-state index in [9.17, 15) is 0 Å². The Labute approximate surface area is 226 Å². The molecule has 2 aliphatic rings. The average molecular weight is 512 g/mol.